The third kappa shape index (κ3) is 3.55. The van der Waals surface area contributed by atoms with E-state index >= 15 is 0 Å². The van der Waals surface area contributed by atoms with Crippen LogP contribution in [0.1, 0.15) is 43.5 Å². The van der Waals surface area contributed by atoms with Crippen molar-refractivity contribution in [1.29, 1.82) is 0 Å². The lowest BCUT2D eigenvalue weighted by Crippen LogP contribution is -2.14. The van der Waals surface area contributed by atoms with Gasteiger partial charge in [-0.2, -0.15) is 5.10 Å². The van der Waals surface area contributed by atoms with Crippen LogP contribution in [0.15, 0.2) is 24.7 Å². The van der Waals surface area contributed by atoms with Crippen LogP contribution in [0.3, 0.4) is 0 Å². The van der Waals surface area contributed by atoms with Crippen molar-refractivity contribution < 1.29 is 14.3 Å². The maximum Gasteiger partial charge on any atom is 0.232 e. The quantitative estimate of drug-likeness (QED) is 0.472. The predicted octanol–water partition coefficient (Wildman–Crippen LogP) is 3.84. The first-order chi connectivity index (χ1) is 15.0. The van der Waals surface area contributed by atoms with E-state index in [9.17, 15) is 14.3 Å². The Morgan fingerprint density at radius 3 is 2.90 bits per heavy atom. The van der Waals surface area contributed by atoms with Gasteiger partial charge in [0.05, 0.1) is 17.7 Å². The van der Waals surface area contributed by atoms with Crippen molar-refractivity contribution in [2.24, 2.45) is 5.92 Å². The van der Waals surface area contributed by atoms with Crippen LogP contribution >= 0.6 is 11.3 Å². The Morgan fingerprint density at radius 2 is 2.19 bits per heavy atom. The first kappa shape index (κ1) is 20.0. The number of amides is 1. The van der Waals surface area contributed by atoms with E-state index in [0.29, 0.717) is 28.4 Å². The molecule has 160 valence electrons. The highest BCUT2D eigenvalue weighted by atomic mass is 32.1. The zero-order valence-corrected chi connectivity index (χ0v) is 17.9. The predicted molar refractivity (Wildman–Crippen MR) is 116 cm³/mol. The van der Waals surface area contributed by atoms with Crippen LogP contribution in [0.2, 0.25) is 0 Å². The Hall–Kier alpha value is -2.98. The second-order valence-electron chi connectivity index (χ2n) is 7.84. The lowest BCUT2D eigenvalue weighted by atomic mass is 10.0. The highest BCUT2D eigenvalue weighted by Crippen LogP contribution is 2.37. The maximum atomic E-state index is 13.2. The minimum absolute atomic E-state index is 0.267. The smallest absolute Gasteiger partial charge is 0.232 e. The number of aliphatic hydroxyl groups is 1. The lowest BCUT2D eigenvalue weighted by Gasteiger charge is -2.12. The van der Waals surface area contributed by atoms with Crippen molar-refractivity contribution in [3.8, 4) is 11.1 Å². The summed E-state index contributed by atoms with van der Waals surface area (Å²) in [5.41, 5.74) is 4.56. The number of halogens is 1. The standard InChI is InChI=1S/C21H21FN6O2S/c1-3-4-17(29)15-5-10(2)13(8-23-15)11-7-16-20(28-18(11)24-9-25-28)31-21(26-16)27-19(30)12-6-14(12)22/h5,7-9,12,14,17,29H,3-4,6H2,1-2H3,(H,26,27,30)/t12-,14+,17-/m0/s1. The number of carbonyl (C=O) groups excluding carboxylic acids is 1. The first-order valence-electron chi connectivity index (χ1n) is 10.2. The van der Waals surface area contributed by atoms with Crippen LogP contribution in [0.5, 0.6) is 0 Å². The Morgan fingerprint density at radius 1 is 1.39 bits per heavy atom. The molecule has 2 N–H and O–H groups in total. The van der Waals surface area contributed by atoms with E-state index in [0.717, 1.165) is 27.9 Å². The molecule has 1 saturated carbocycles. The van der Waals surface area contributed by atoms with Gasteiger partial charge in [0.1, 0.15) is 22.8 Å². The van der Waals surface area contributed by atoms with Crippen molar-refractivity contribution in [3.63, 3.8) is 0 Å². The minimum atomic E-state index is -1.06. The molecule has 31 heavy (non-hydrogen) atoms. The van der Waals surface area contributed by atoms with Gasteiger partial charge in [-0.3, -0.25) is 9.78 Å². The summed E-state index contributed by atoms with van der Waals surface area (Å²) in [6.07, 6.45) is 3.35. The van der Waals surface area contributed by atoms with Gasteiger partial charge in [0.2, 0.25) is 5.91 Å². The number of alkyl halides is 1. The molecule has 1 fully saturated rings. The van der Waals surface area contributed by atoms with Gasteiger partial charge >= 0.3 is 0 Å². The van der Waals surface area contributed by atoms with E-state index in [1.54, 1.807) is 10.7 Å². The van der Waals surface area contributed by atoms with Gasteiger partial charge in [0.25, 0.3) is 0 Å². The third-order valence-electron chi connectivity index (χ3n) is 5.50. The largest absolute Gasteiger partial charge is 0.387 e. The van der Waals surface area contributed by atoms with Gasteiger partial charge in [-0.1, -0.05) is 24.7 Å². The highest BCUT2D eigenvalue weighted by Gasteiger charge is 2.43. The van der Waals surface area contributed by atoms with Crippen LogP contribution in [-0.2, 0) is 4.79 Å². The molecule has 3 atom stereocenters. The van der Waals surface area contributed by atoms with Crippen molar-refractivity contribution in [3.05, 3.63) is 35.9 Å². The summed E-state index contributed by atoms with van der Waals surface area (Å²) in [6, 6.07) is 3.79. The second-order valence-corrected chi connectivity index (χ2v) is 8.82. The van der Waals surface area contributed by atoms with E-state index in [2.05, 4.69) is 25.4 Å². The van der Waals surface area contributed by atoms with Crippen molar-refractivity contribution in [2.45, 2.75) is 45.4 Å². The average molecular weight is 441 g/mol. The number of fused-ring (bicyclic) bond motifs is 3. The molecule has 4 aromatic rings. The summed E-state index contributed by atoms with van der Waals surface area (Å²) in [5, 5.41) is 17.7. The van der Waals surface area contributed by atoms with Crippen LogP contribution in [0.25, 0.3) is 27.1 Å². The number of carbonyl (C=O) groups is 1. The van der Waals surface area contributed by atoms with Crippen LogP contribution < -0.4 is 5.32 Å². The fourth-order valence-corrected chi connectivity index (χ4v) is 4.60. The van der Waals surface area contributed by atoms with E-state index in [1.165, 1.54) is 17.7 Å². The molecule has 8 nitrogen and oxygen atoms in total. The first-order valence-corrected chi connectivity index (χ1v) is 11.0. The molecular weight excluding hydrogens is 419 g/mol. The highest BCUT2D eigenvalue weighted by molar-refractivity contribution is 7.22. The van der Waals surface area contributed by atoms with Crippen LogP contribution in [0, 0.1) is 12.8 Å². The third-order valence-corrected chi connectivity index (χ3v) is 6.46. The molecule has 0 spiro atoms. The van der Waals surface area contributed by atoms with E-state index in [1.807, 2.05) is 26.0 Å². The molecule has 0 aromatic carbocycles. The molecule has 1 amide bonds. The normalized spacial score (nSPS) is 19.1. The lowest BCUT2D eigenvalue weighted by molar-refractivity contribution is -0.117. The zero-order chi connectivity index (χ0) is 21.7. The van der Waals surface area contributed by atoms with Gasteiger partial charge < -0.3 is 10.4 Å². The summed E-state index contributed by atoms with van der Waals surface area (Å²) in [6.45, 7) is 3.98. The van der Waals surface area contributed by atoms with Gasteiger partial charge in [-0.15, -0.1) is 0 Å². The molecule has 1 aliphatic carbocycles. The second kappa shape index (κ2) is 7.61. The fraction of sp³-hybridized carbons (Fsp3) is 0.381. The summed E-state index contributed by atoms with van der Waals surface area (Å²) in [4.78, 5) is 26.2. The SMILES string of the molecule is CCC[C@H](O)c1cc(C)c(-c2cc3nc(NC(=O)[C@H]4C[C@H]4F)sc3n3ncnc23)cn1. The summed E-state index contributed by atoms with van der Waals surface area (Å²) in [7, 11) is 0. The Bertz CT molecular complexity index is 1300. The molecule has 0 unspecified atom stereocenters. The van der Waals surface area contributed by atoms with E-state index in [-0.39, 0.29) is 12.3 Å². The molecule has 0 aliphatic heterocycles. The molecule has 4 heterocycles. The molecule has 0 radical (unpaired) electrons. The molecule has 0 bridgehead atoms. The Kier molecular flexibility index (Phi) is 4.90. The van der Waals surface area contributed by atoms with E-state index in [4.69, 9.17) is 0 Å². The zero-order valence-electron chi connectivity index (χ0n) is 17.0. The number of rotatable bonds is 6. The minimum Gasteiger partial charge on any atom is -0.387 e. The number of anilines is 1. The summed E-state index contributed by atoms with van der Waals surface area (Å²) >= 11 is 1.27. The number of thiazole rings is 1. The van der Waals surface area contributed by atoms with Gasteiger partial charge in [0.15, 0.2) is 10.8 Å². The number of aryl methyl sites for hydroxylation is 1. The summed E-state index contributed by atoms with van der Waals surface area (Å²) < 4.78 is 14.9. The van der Waals surface area contributed by atoms with Gasteiger partial charge in [-0.05, 0) is 37.5 Å². The van der Waals surface area contributed by atoms with Crippen molar-refractivity contribution in [1.82, 2.24) is 24.6 Å². The Labute approximate surface area is 181 Å². The topological polar surface area (TPSA) is 105 Å². The van der Waals surface area contributed by atoms with Crippen molar-refractivity contribution >= 4 is 38.4 Å². The number of hydrogen-bond donors (Lipinski definition) is 2. The molecule has 1 aliphatic rings. The molecular formula is C21H21FN6O2S. The number of hydrogen-bond acceptors (Lipinski definition) is 7. The number of nitrogens with one attached hydrogen (secondary N) is 1. The molecule has 4 aromatic heterocycles. The summed E-state index contributed by atoms with van der Waals surface area (Å²) in [5.74, 6) is -0.924. The fourth-order valence-electron chi connectivity index (χ4n) is 3.69. The number of aromatic nitrogens is 5. The monoisotopic (exact) mass is 440 g/mol. The molecule has 5 rings (SSSR count). The number of aliphatic hydroxyl groups excluding tert-OH is 1. The number of pyridine rings is 2. The average Bonchev–Trinajstić information content (AvgIpc) is 3.12. The van der Waals surface area contributed by atoms with Crippen LogP contribution in [0.4, 0.5) is 9.52 Å². The van der Waals surface area contributed by atoms with E-state index < -0.39 is 18.2 Å². The Balaban J connectivity index is 1.56. The molecule has 0 saturated heterocycles. The molecule has 10 heteroatoms. The maximum absolute atomic E-state index is 13.2. The number of nitrogens with zero attached hydrogens (tertiary/aromatic N) is 5. The van der Waals surface area contributed by atoms with Crippen LogP contribution in [-0.4, -0.2) is 41.8 Å². The van der Waals surface area contributed by atoms with Gasteiger partial charge in [-0.25, -0.2) is 18.9 Å². The van der Waals surface area contributed by atoms with Gasteiger partial charge in [0, 0.05) is 17.3 Å². The van der Waals surface area contributed by atoms with Crippen molar-refractivity contribution in [2.75, 3.05) is 5.32 Å².